The van der Waals surface area contributed by atoms with Gasteiger partial charge in [-0.25, -0.2) is 4.79 Å². The van der Waals surface area contributed by atoms with Gasteiger partial charge in [0, 0.05) is 0 Å². The molecule has 0 radical (unpaired) electrons. The van der Waals surface area contributed by atoms with Gasteiger partial charge in [0.05, 0.1) is 12.7 Å². The van der Waals surface area contributed by atoms with Crippen LogP contribution >= 0.6 is 0 Å². The highest BCUT2D eigenvalue weighted by Crippen LogP contribution is 2.26. The molecule has 1 heterocycles. The maximum atomic E-state index is 11.3. The number of nitrogens with one attached hydrogen (secondary N) is 1. The zero-order valence-corrected chi connectivity index (χ0v) is 10.9. The molecule has 0 amide bonds. The van der Waals surface area contributed by atoms with Crippen LogP contribution in [0.3, 0.4) is 0 Å². The van der Waals surface area contributed by atoms with Crippen molar-refractivity contribution in [2.24, 2.45) is 0 Å². The van der Waals surface area contributed by atoms with Crippen LogP contribution in [0.25, 0.3) is 0 Å². The third-order valence-electron chi connectivity index (χ3n) is 3.30. The molecular formula is C14H19NO3. The number of rotatable bonds is 3. The monoisotopic (exact) mass is 249 g/mol. The number of hydrogen-bond donors (Lipinski definition) is 1. The van der Waals surface area contributed by atoms with E-state index in [-0.39, 0.29) is 11.6 Å². The molecule has 1 aliphatic heterocycles. The van der Waals surface area contributed by atoms with E-state index in [1.54, 1.807) is 12.1 Å². The average molecular weight is 249 g/mol. The van der Waals surface area contributed by atoms with E-state index in [0.29, 0.717) is 5.56 Å². The lowest BCUT2D eigenvalue weighted by Gasteiger charge is -2.34. The molecule has 1 fully saturated rings. The number of carbonyl (C=O) groups excluding carboxylic acids is 1. The molecule has 0 spiro atoms. The summed E-state index contributed by atoms with van der Waals surface area (Å²) in [6.07, 6.45) is 1.98. The van der Waals surface area contributed by atoms with Crippen LogP contribution < -0.4 is 10.1 Å². The number of methoxy groups -OCH3 is 1. The van der Waals surface area contributed by atoms with Crippen molar-refractivity contribution in [3.63, 3.8) is 0 Å². The highest BCUT2D eigenvalue weighted by molar-refractivity contribution is 5.89. The quantitative estimate of drug-likeness (QED) is 0.832. The molecular weight excluding hydrogens is 230 g/mol. The number of carbonyl (C=O) groups is 1. The van der Waals surface area contributed by atoms with E-state index in [1.165, 1.54) is 7.11 Å². The zero-order chi connectivity index (χ0) is 13.0. The highest BCUT2D eigenvalue weighted by Gasteiger charge is 2.28. The van der Waals surface area contributed by atoms with Gasteiger partial charge in [-0.05, 0) is 57.1 Å². The van der Waals surface area contributed by atoms with Gasteiger partial charge in [0.15, 0.2) is 0 Å². The normalized spacial score (nSPS) is 18.1. The molecule has 2 rings (SSSR count). The molecule has 0 unspecified atom stereocenters. The molecule has 0 aromatic heterocycles. The second kappa shape index (κ2) is 5.40. The molecule has 1 aromatic rings. The van der Waals surface area contributed by atoms with Crippen LogP contribution in [-0.2, 0) is 4.74 Å². The first kappa shape index (κ1) is 12.9. The van der Waals surface area contributed by atoms with Crippen molar-refractivity contribution in [1.29, 1.82) is 0 Å². The average Bonchev–Trinajstić information content (AvgIpc) is 2.39. The summed E-state index contributed by atoms with van der Waals surface area (Å²) >= 11 is 0. The maximum absolute atomic E-state index is 11.3. The van der Waals surface area contributed by atoms with Crippen molar-refractivity contribution in [1.82, 2.24) is 5.32 Å². The first-order valence-corrected chi connectivity index (χ1v) is 6.21. The lowest BCUT2D eigenvalue weighted by Crippen LogP contribution is -2.43. The van der Waals surface area contributed by atoms with Crippen molar-refractivity contribution >= 4 is 5.97 Å². The van der Waals surface area contributed by atoms with Gasteiger partial charge in [-0.1, -0.05) is 0 Å². The van der Waals surface area contributed by atoms with E-state index in [9.17, 15) is 4.79 Å². The molecule has 1 aliphatic rings. The minimum atomic E-state index is -0.324. The summed E-state index contributed by atoms with van der Waals surface area (Å²) in [6.45, 7) is 4.09. The van der Waals surface area contributed by atoms with Gasteiger partial charge in [0.25, 0.3) is 0 Å². The van der Waals surface area contributed by atoms with Crippen molar-refractivity contribution < 1.29 is 14.3 Å². The van der Waals surface area contributed by atoms with E-state index in [4.69, 9.17) is 4.74 Å². The first-order chi connectivity index (χ1) is 8.63. The zero-order valence-electron chi connectivity index (χ0n) is 10.9. The predicted molar refractivity (Wildman–Crippen MR) is 68.9 cm³/mol. The number of esters is 1. The lowest BCUT2D eigenvalue weighted by molar-refractivity contribution is 0.0554. The van der Waals surface area contributed by atoms with Gasteiger partial charge in [-0.2, -0.15) is 0 Å². The summed E-state index contributed by atoms with van der Waals surface area (Å²) in [5, 5.41) is 3.32. The number of piperidine rings is 1. The van der Waals surface area contributed by atoms with Crippen LogP contribution in [0.5, 0.6) is 5.75 Å². The summed E-state index contributed by atoms with van der Waals surface area (Å²) in [5.74, 6) is 0.474. The van der Waals surface area contributed by atoms with Gasteiger partial charge < -0.3 is 14.8 Å². The molecule has 18 heavy (non-hydrogen) atoms. The second-order valence-electron chi connectivity index (χ2n) is 4.82. The van der Waals surface area contributed by atoms with Gasteiger partial charge in [0.1, 0.15) is 11.4 Å². The third kappa shape index (κ3) is 3.01. The Labute approximate surface area is 107 Å². The fourth-order valence-corrected chi connectivity index (χ4v) is 2.12. The molecule has 98 valence electrons. The standard InChI is InChI=1S/C14H19NO3/c1-14(7-9-15-10-8-14)18-12-5-3-11(4-6-12)13(16)17-2/h3-6,15H,7-10H2,1-2H3. The smallest absolute Gasteiger partial charge is 0.337 e. The molecule has 1 N–H and O–H groups in total. The SMILES string of the molecule is COC(=O)c1ccc(OC2(C)CCNCC2)cc1. The van der Waals surface area contributed by atoms with Crippen LogP contribution in [0.1, 0.15) is 30.1 Å². The Hall–Kier alpha value is -1.55. The minimum Gasteiger partial charge on any atom is -0.487 e. The van der Waals surface area contributed by atoms with Crippen molar-refractivity contribution in [2.45, 2.75) is 25.4 Å². The van der Waals surface area contributed by atoms with Crippen molar-refractivity contribution in [3.05, 3.63) is 29.8 Å². The van der Waals surface area contributed by atoms with Crippen LogP contribution in [0.2, 0.25) is 0 Å². The van der Waals surface area contributed by atoms with Gasteiger partial charge in [-0.3, -0.25) is 0 Å². The summed E-state index contributed by atoms with van der Waals surface area (Å²) in [4.78, 5) is 11.3. The van der Waals surface area contributed by atoms with Gasteiger partial charge >= 0.3 is 5.97 Å². The third-order valence-corrected chi connectivity index (χ3v) is 3.30. The molecule has 4 heteroatoms. The topological polar surface area (TPSA) is 47.6 Å². The van der Waals surface area contributed by atoms with Crippen LogP contribution in [-0.4, -0.2) is 31.8 Å². The molecule has 4 nitrogen and oxygen atoms in total. The second-order valence-corrected chi connectivity index (χ2v) is 4.82. The van der Waals surface area contributed by atoms with Gasteiger partial charge in [0.2, 0.25) is 0 Å². The number of ether oxygens (including phenoxy) is 2. The first-order valence-electron chi connectivity index (χ1n) is 6.21. The van der Waals surface area contributed by atoms with Crippen molar-refractivity contribution in [3.8, 4) is 5.75 Å². The van der Waals surface area contributed by atoms with E-state index >= 15 is 0 Å². The molecule has 0 aliphatic carbocycles. The molecule has 0 bridgehead atoms. The Morgan fingerprint density at radius 1 is 1.22 bits per heavy atom. The maximum Gasteiger partial charge on any atom is 0.337 e. The minimum absolute atomic E-state index is 0.113. The molecule has 0 saturated carbocycles. The van der Waals surface area contributed by atoms with Crippen LogP contribution in [0.15, 0.2) is 24.3 Å². The number of benzene rings is 1. The fourth-order valence-electron chi connectivity index (χ4n) is 2.12. The molecule has 1 aromatic carbocycles. The lowest BCUT2D eigenvalue weighted by atomic mass is 9.94. The number of hydrogen-bond acceptors (Lipinski definition) is 4. The highest BCUT2D eigenvalue weighted by atomic mass is 16.5. The van der Waals surface area contributed by atoms with Crippen LogP contribution in [0.4, 0.5) is 0 Å². The molecule has 1 saturated heterocycles. The summed E-state index contributed by atoms with van der Waals surface area (Å²) in [6, 6.07) is 7.09. The Bertz CT molecular complexity index is 408. The molecule has 0 atom stereocenters. The Balaban J connectivity index is 2.03. The van der Waals surface area contributed by atoms with Crippen molar-refractivity contribution in [2.75, 3.05) is 20.2 Å². The Kier molecular flexibility index (Phi) is 3.87. The summed E-state index contributed by atoms with van der Waals surface area (Å²) in [5.41, 5.74) is 0.429. The van der Waals surface area contributed by atoms with Crippen LogP contribution in [0, 0.1) is 0 Å². The van der Waals surface area contributed by atoms with E-state index in [0.717, 1.165) is 31.7 Å². The van der Waals surface area contributed by atoms with E-state index in [2.05, 4.69) is 17.0 Å². The Morgan fingerprint density at radius 2 is 1.83 bits per heavy atom. The van der Waals surface area contributed by atoms with Gasteiger partial charge in [-0.15, -0.1) is 0 Å². The largest absolute Gasteiger partial charge is 0.487 e. The predicted octanol–water partition coefficient (Wildman–Crippen LogP) is 1.99. The fraction of sp³-hybridized carbons (Fsp3) is 0.500. The van der Waals surface area contributed by atoms with E-state index < -0.39 is 0 Å². The Morgan fingerprint density at radius 3 is 2.39 bits per heavy atom. The summed E-state index contributed by atoms with van der Waals surface area (Å²) in [7, 11) is 1.38. The summed E-state index contributed by atoms with van der Waals surface area (Å²) < 4.78 is 10.7. The van der Waals surface area contributed by atoms with E-state index in [1.807, 2.05) is 12.1 Å².